The van der Waals surface area contributed by atoms with Gasteiger partial charge in [0.15, 0.2) is 11.5 Å². The minimum atomic E-state index is -0.492. The van der Waals surface area contributed by atoms with Crippen molar-refractivity contribution in [1.82, 2.24) is 15.3 Å². The Hall–Kier alpha value is -3.22. The molecule has 2 aromatic rings. The van der Waals surface area contributed by atoms with Gasteiger partial charge in [-0.25, -0.2) is 9.97 Å². The molecule has 0 aliphatic carbocycles. The number of nitrogens with two attached hydrogens (primary N) is 2. The predicted molar refractivity (Wildman–Crippen MR) is 84.8 cm³/mol. The lowest BCUT2D eigenvalue weighted by atomic mass is 10.2. The summed E-state index contributed by atoms with van der Waals surface area (Å²) in [6.07, 6.45) is 5.53. The zero-order valence-electron chi connectivity index (χ0n) is 11.8. The average Bonchev–Trinajstić information content (AvgIpc) is 2.55. The van der Waals surface area contributed by atoms with Crippen molar-refractivity contribution in [2.75, 3.05) is 5.73 Å². The van der Waals surface area contributed by atoms with Gasteiger partial charge in [0, 0.05) is 24.8 Å². The number of nitrogens with zero attached hydrogens (tertiary/aromatic N) is 3. The van der Waals surface area contributed by atoms with E-state index in [0.29, 0.717) is 12.2 Å². The molecule has 112 valence electrons. The van der Waals surface area contributed by atoms with Crippen LogP contribution in [-0.2, 0) is 6.54 Å². The molecule has 0 aliphatic heterocycles. The van der Waals surface area contributed by atoms with Gasteiger partial charge in [0.25, 0.3) is 5.91 Å². The van der Waals surface area contributed by atoms with Gasteiger partial charge in [-0.05, 0) is 5.56 Å². The molecule has 0 saturated carbocycles. The molecular formula is C15H16N6O. The second-order valence-corrected chi connectivity index (χ2v) is 4.32. The number of carbonyl (C=O) groups excluding carboxylic acids is 1. The van der Waals surface area contributed by atoms with E-state index in [1.807, 2.05) is 30.3 Å². The summed E-state index contributed by atoms with van der Waals surface area (Å²) in [5.74, 6) is -0.439. The quantitative estimate of drug-likeness (QED) is 0.707. The third-order valence-electron chi connectivity index (χ3n) is 2.73. The molecule has 1 heterocycles. The molecule has 0 radical (unpaired) electrons. The highest BCUT2D eigenvalue weighted by Crippen LogP contribution is 2.03. The number of aliphatic imine (C=N–C) groups is 1. The minimum absolute atomic E-state index is 0.0401. The molecule has 1 aromatic heterocycles. The maximum atomic E-state index is 12.0. The number of nitrogens with one attached hydrogen (secondary N) is 1. The van der Waals surface area contributed by atoms with Crippen molar-refractivity contribution in [2.45, 2.75) is 6.54 Å². The predicted octanol–water partition coefficient (Wildman–Crippen LogP) is 0.860. The van der Waals surface area contributed by atoms with E-state index in [-0.39, 0.29) is 11.5 Å². The number of anilines is 1. The van der Waals surface area contributed by atoms with Gasteiger partial charge in [-0.3, -0.25) is 9.79 Å². The molecule has 0 unspecified atom stereocenters. The monoisotopic (exact) mass is 296 g/mol. The summed E-state index contributed by atoms with van der Waals surface area (Å²) in [5, 5.41) is 2.58. The molecule has 7 nitrogen and oxygen atoms in total. The molecule has 0 saturated heterocycles. The lowest BCUT2D eigenvalue weighted by Gasteiger charge is -2.05. The van der Waals surface area contributed by atoms with Gasteiger partial charge in [0.1, 0.15) is 0 Å². The van der Waals surface area contributed by atoms with Crippen molar-refractivity contribution in [3.63, 3.8) is 0 Å². The summed E-state index contributed by atoms with van der Waals surface area (Å²) >= 11 is 0. The van der Waals surface area contributed by atoms with Crippen molar-refractivity contribution < 1.29 is 4.79 Å². The van der Waals surface area contributed by atoms with Crippen LogP contribution >= 0.6 is 0 Å². The van der Waals surface area contributed by atoms with E-state index in [1.54, 1.807) is 0 Å². The number of amides is 1. The van der Waals surface area contributed by atoms with E-state index in [0.717, 1.165) is 5.56 Å². The highest BCUT2D eigenvalue weighted by molar-refractivity contribution is 6.00. The van der Waals surface area contributed by atoms with Gasteiger partial charge in [-0.1, -0.05) is 30.3 Å². The molecule has 2 rings (SSSR count). The van der Waals surface area contributed by atoms with E-state index >= 15 is 0 Å². The van der Waals surface area contributed by atoms with Crippen LogP contribution in [0.25, 0.3) is 0 Å². The largest absolute Gasteiger partial charge is 0.403 e. The number of allylic oxidation sites excluding steroid dienone is 1. The second-order valence-electron chi connectivity index (χ2n) is 4.32. The van der Waals surface area contributed by atoms with E-state index < -0.39 is 5.91 Å². The molecule has 0 aliphatic rings. The maximum Gasteiger partial charge on any atom is 0.278 e. The maximum absolute atomic E-state index is 12.0. The fourth-order valence-electron chi connectivity index (χ4n) is 1.66. The van der Waals surface area contributed by atoms with Crippen LogP contribution in [0.2, 0.25) is 0 Å². The molecule has 7 heteroatoms. The SMILES string of the molecule is NC=C(C=NCc1ccccc1)NC(=O)c1nccnc1N. The van der Waals surface area contributed by atoms with E-state index in [9.17, 15) is 4.79 Å². The van der Waals surface area contributed by atoms with Crippen molar-refractivity contribution in [1.29, 1.82) is 0 Å². The van der Waals surface area contributed by atoms with Crippen LogP contribution < -0.4 is 16.8 Å². The van der Waals surface area contributed by atoms with Crippen LogP contribution in [0.4, 0.5) is 5.82 Å². The van der Waals surface area contributed by atoms with Crippen LogP contribution in [0, 0.1) is 0 Å². The molecule has 1 aromatic carbocycles. The Bertz CT molecular complexity index is 696. The van der Waals surface area contributed by atoms with Crippen LogP contribution in [0.1, 0.15) is 16.1 Å². The Morgan fingerprint density at radius 3 is 2.64 bits per heavy atom. The van der Waals surface area contributed by atoms with E-state index in [4.69, 9.17) is 11.5 Å². The molecule has 0 bridgehead atoms. The van der Waals surface area contributed by atoms with Crippen LogP contribution in [0.15, 0.2) is 59.6 Å². The molecule has 1 amide bonds. The highest BCUT2D eigenvalue weighted by atomic mass is 16.1. The number of nitrogen functional groups attached to an aromatic ring is 1. The molecule has 5 N–H and O–H groups in total. The first-order valence-electron chi connectivity index (χ1n) is 6.54. The zero-order chi connectivity index (χ0) is 15.8. The molecular weight excluding hydrogens is 280 g/mol. The van der Waals surface area contributed by atoms with Crippen LogP contribution in [-0.4, -0.2) is 22.1 Å². The Morgan fingerprint density at radius 1 is 1.23 bits per heavy atom. The normalized spacial score (nSPS) is 11.5. The summed E-state index contributed by atoms with van der Waals surface area (Å²) < 4.78 is 0. The average molecular weight is 296 g/mol. The summed E-state index contributed by atoms with van der Waals surface area (Å²) in [7, 11) is 0. The number of carbonyl (C=O) groups is 1. The van der Waals surface area contributed by atoms with Gasteiger partial charge in [-0.2, -0.15) is 0 Å². The second kappa shape index (κ2) is 7.53. The van der Waals surface area contributed by atoms with Crippen molar-refractivity contribution in [3.05, 3.63) is 65.9 Å². The number of hydrogen-bond acceptors (Lipinski definition) is 6. The smallest absolute Gasteiger partial charge is 0.278 e. The van der Waals surface area contributed by atoms with Gasteiger partial charge in [-0.15, -0.1) is 0 Å². The number of aromatic nitrogens is 2. The van der Waals surface area contributed by atoms with Crippen molar-refractivity contribution in [2.24, 2.45) is 10.7 Å². The summed E-state index contributed by atoms with van der Waals surface area (Å²) in [4.78, 5) is 23.9. The Morgan fingerprint density at radius 2 is 1.95 bits per heavy atom. The van der Waals surface area contributed by atoms with E-state index in [2.05, 4.69) is 20.3 Å². The minimum Gasteiger partial charge on any atom is -0.403 e. The van der Waals surface area contributed by atoms with Gasteiger partial charge in [0.2, 0.25) is 0 Å². The highest BCUT2D eigenvalue weighted by Gasteiger charge is 2.12. The third kappa shape index (κ3) is 4.14. The molecule has 22 heavy (non-hydrogen) atoms. The van der Waals surface area contributed by atoms with Crippen LogP contribution in [0.3, 0.4) is 0 Å². The number of rotatable bonds is 5. The Labute approximate surface area is 127 Å². The first-order valence-corrected chi connectivity index (χ1v) is 6.54. The Kier molecular flexibility index (Phi) is 5.20. The van der Waals surface area contributed by atoms with Crippen LogP contribution in [0.5, 0.6) is 0 Å². The molecule has 0 fully saturated rings. The number of benzene rings is 1. The summed E-state index contributed by atoms with van der Waals surface area (Å²) in [6, 6.07) is 9.72. The summed E-state index contributed by atoms with van der Waals surface area (Å²) in [6.45, 7) is 0.487. The van der Waals surface area contributed by atoms with E-state index in [1.165, 1.54) is 24.8 Å². The van der Waals surface area contributed by atoms with Crippen molar-refractivity contribution in [3.8, 4) is 0 Å². The summed E-state index contributed by atoms with van der Waals surface area (Å²) in [5.41, 5.74) is 12.5. The zero-order valence-corrected chi connectivity index (χ0v) is 11.8. The molecule has 0 atom stereocenters. The first kappa shape index (κ1) is 15.2. The third-order valence-corrected chi connectivity index (χ3v) is 2.73. The number of hydrogen-bond donors (Lipinski definition) is 3. The van der Waals surface area contributed by atoms with Crippen molar-refractivity contribution >= 4 is 17.9 Å². The first-order chi connectivity index (χ1) is 10.7. The standard InChI is InChI=1S/C15H16N6O/c16-8-12(10-18-9-11-4-2-1-3-5-11)21-15(22)13-14(17)20-7-6-19-13/h1-8,10H,9,16H2,(H2,17,20)(H,21,22). The van der Waals surface area contributed by atoms with Gasteiger partial charge < -0.3 is 16.8 Å². The topological polar surface area (TPSA) is 119 Å². The Balaban J connectivity index is 1.98. The van der Waals surface area contributed by atoms with Gasteiger partial charge in [0.05, 0.1) is 12.2 Å². The lowest BCUT2D eigenvalue weighted by Crippen LogP contribution is -2.26. The van der Waals surface area contributed by atoms with Gasteiger partial charge >= 0.3 is 0 Å². The fraction of sp³-hybridized carbons (Fsp3) is 0.0667. The lowest BCUT2D eigenvalue weighted by molar-refractivity contribution is 0.0964. The molecule has 0 spiro atoms. The fourth-order valence-corrected chi connectivity index (χ4v) is 1.66.